The van der Waals surface area contributed by atoms with Crippen LogP contribution in [0, 0.1) is 0 Å². The number of nitrogens with one attached hydrogen (secondary N) is 3. The van der Waals surface area contributed by atoms with Gasteiger partial charge in [-0.2, -0.15) is 13.2 Å². The lowest BCUT2D eigenvalue weighted by atomic mass is 10.1. The number of β-amino-alcohol motifs (C(OH)–C–C–N with tert-alkyl or cyclic N) is 1. The number of alkyl halides is 3. The zero-order valence-corrected chi connectivity index (χ0v) is 13.2. The van der Waals surface area contributed by atoms with Crippen molar-refractivity contribution in [3.8, 4) is 0 Å². The third-order valence-corrected chi connectivity index (χ3v) is 3.29. The summed E-state index contributed by atoms with van der Waals surface area (Å²) in [5, 5.41) is 16.6. The molecule has 2 rings (SSSR count). The SMILES string of the molecule is Cl.O=C(NCC(F)(F)F)c1ccc(NC(=O)C2CC(O)CN2)cc1. The number of carbonyl (C=O) groups is 2. The van der Waals surface area contributed by atoms with Crippen LogP contribution in [0.2, 0.25) is 0 Å². The minimum absolute atomic E-state index is 0. The molecule has 6 nitrogen and oxygen atoms in total. The van der Waals surface area contributed by atoms with Gasteiger partial charge in [0.25, 0.3) is 5.91 Å². The predicted octanol–water partition coefficient (Wildman–Crippen LogP) is 1.06. The highest BCUT2D eigenvalue weighted by Gasteiger charge is 2.29. The van der Waals surface area contributed by atoms with Gasteiger partial charge in [0.05, 0.1) is 12.1 Å². The highest BCUT2D eigenvalue weighted by atomic mass is 35.5. The van der Waals surface area contributed by atoms with Gasteiger partial charge in [0, 0.05) is 17.8 Å². The summed E-state index contributed by atoms with van der Waals surface area (Å²) in [4.78, 5) is 23.4. The summed E-state index contributed by atoms with van der Waals surface area (Å²) in [7, 11) is 0. The molecule has 0 bridgehead atoms. The van der Waals surface area contributed by atoms with E-state index in [0.717, 1.165) is 0 Å². The van der Waals surface area contributed by atoms with E-state index in [1.807, 2.05) is 0 Å². The first-order chi connectivity index (χ1) is 10.7. The Balaban J connectivity index is 0.00000288. The molecule has 2 amide bonds. The Labute approximate surface area is 142 Å². The number of aliphatic hydroxyl groups is 1. The van der Waals surface area contributed by atoms with Gasteiger partial charge in [-0.3, -0.25) is 9.59 Å². The van der Waals surface area contributed by atoms with E-state index in [4.69, 9.17) is 0 Å². The van der Waals surface area contributed by atoms with Gasteiger partial charge in [-0.1, -0.05) is 0 Å². The van der Waals surface area contributed by atoms with Crippen LogP contribution in [0.5, 0.6) is 0 Å². The molecule has 10 heteroatoms. The molecule has 1 saturated heterocycles. The lowest BCUT2D eigenvalue weighted by Gasteiger charge is -2.12. The monoisotopic (exact) mass is 367 g/mol. The van der Waals surface area contributed by atoms with E-state index in [2.05, 4.69) is 10.6 Å². The average molecular weight is 368 g/mol. The molecule has 1 fully saturated rings. The van der Waals surface area contributed by atoms with Crippen LogP contribution in [0.4, 0.5) is 18.9 Å². The third kappa shape index (κ3) is 5.99. The van der Waals surface area contributed by atoms with Gasteiger partial charge in [0.1, 0.15) is 6.54 Å². The highest BCUT2D eigenvalue weighted by molar-refractivity contribution is 5.97. The van der Waals surface area contributed by atoms with Gasteiger partial charge in [0.2, 0.25) is 5.91 Å². The number of hydrogen-bond acceptors (Lipinski definition) is 4. The molecule has 1 aromatic rings. The molecule has 0 aromatic heterocycles. The Bertz CT molecular complexity index is 581. The van der Waals surface area contributed by atoms with Crippen LogP contribution in [-0.4, -0.2) is 48.3 Å². The van der Waals surface area contributed by atoms with Crippen molar-refractivity contribution in [3.63, 3.8) is 0 Å². The van der Waals surface area contributed by atoms with Crippen molar-refractivity contribution in [1.82, 2.24) is 10.6 Å². The van der Waals surface area contributed by atoms with Gasteiger partial charge in [-0.05, 0) is 30.7 Å². The van der Waals surface area contributed by atoms with Crippen molar-refractivity contribution in [2.75, 3.05) is 18.4 Å². The quantitative estimate of drug-likeness (QED) is 0.640. The van der Waals surface area contributed by atoms with Gasteiger partial charge in [0.15, 0.2) is 0 Å². The van der Waals surface area contributed by atoms with Crippen LogP contribution in [0.25, 0.3) is 0 Å². The molecule has 24 heavy (non-hydrogen) atoms. The standard InChI is InChI=1S/C14H16F3N3O3.ClH/c15-14(16,17)7-19-12(22)8-1-3-9(4-2-8)20-13(23)11-5-10(21)6-18-11;/h1-4,10-11,18,21H,5-7H2,(H,19,22)(H,20,23);1H. The number of aliphatic hydroxyl groups excluding tert-OH is 1. The summed E-state index contributed by atoms with van der Waals surface area (Å²) < 4.78 is 36.1. The Hall–Kier alpha value is -1.84. The Kier molecular flexibility index (Phi) is 7.00. The van der Waals surface area contributed by atoms with E-state index in [1.54, 1.807) is 5.32 Å². The molecule has 1 aliphatic heterocycles. The predicted molar refractivity (Wildman–Crippen MR) is 83.1 cm³/mol. The molecule has 1 aliphatic rings. The fraction of sp³-hybridized carbons (Fsp3) is 0.429. The number of carbonyl (C=O) groups excluding carboxylic acids is 2. The summed E-state index contributed by atoms with van der Waals surface area (Å²) in [6.45, 7) is -1.06. The molecule has 134 valence electrons. The van der Waals surface area contributed by atoms with Crippen molar-refractivity contribution >= 4 is 29.9 Å². The molecule has 0 spiro atoms. The maximum atomic E-state index is 12.0. The first-order valence-electron chi connectivity index (χ1n) is 6.92. The Morgan fingerprint density at radius 3 is 2.38 bits per heavy atom. The molecule has 1 aromatic carbocycles. The van der Waals surface area contributed by atoms with Crippen LogP contribution >= 0.6 is 12.4 Å². The van der Waals surface area contributed by atoms with Gasteiger partial charge < -0.3 is 21.1 Å². The maximum Gasteiger partial charge on any atom is 0.405 e. The van der Waals surface area contributed by atoms with Crippen molar-refractivity contribution < 1.29 is 27.9 Å². The number of anilines is 1. The van der Waals surface area contributed by atoms with E-state index in [1.165, 1.54) is 24.3 Å². The van der Waals surface area contributed by atoms with E-state index in [9.17, 15) is 27.9 Å². The first kappa shape index (κ1) is 20.2. The molecule has 0 saturated carbocycles. The smallest absolute Gasteiger partial charge is 0.392 e. The number of hydrogen-bond donors (Lipinski definition) is 4. The van der Waals surface area contributed by atoms with E-state index in [0.29, 0.717) is 18.7 Å². The van der Waals surface area contributed by atoms with Crippen LogP contribution in [0.3, 0.4) is 0 Å². The van der Waals surface area contributed by atoms with E-state index >= 15 is 0 Å². The van der Waals surface area contributed by atoms with Gasteiger partial charge in [-0.15, -0.1) is 12.4 Å². The second-order valence-electron chi connectivity index (χ2n) is 5.21. The molecule has 0 radical (unpaired) electrons. The van der Waals surface area contributed by atoms with Crippen LogP contribution < -0.4 is 16.0 Å². The van der Waals surface area contributed by atoms with Gasteiger partial charge in [-0.25, -0.2) is 0 Å². The average Bonchev–Trinajstić information content (AvgIpc) is 2.91. The Morgan fingerprint density at radius 2 is 1.88 bits per heavy atom. The van der Waals surface area contributed by atoms with E-state index < -0.39 is 30.8 Å². The van der Waals surface area contributed by atoms with Crippen LogP contribution in [0.15, 0.2) is 24.3 Å². The van der Waals surface area contributed by atoms with E-state index in [-0.39, 0.29) is 23.9 Å². The molecule has 2 unspecified atom stereocenters. The summed E-state index contributed by atoms with van der Waals surface area (Å²) in [5.74, 6) is -1.17. The van der Waals surface area contributed by atoms with Crippen molar-refractivity contribution in [2.45, 2.75) is 24.7 Å². The normalized spacial score (nSPS) is 20.2. The highest BCUT2D eigenvalue weighted by Crippen LogP contribution is 2.15. The maximum absolute atomic E-state index is 12.0. The number of benzene rings is 1. The summed E-state index contributed by atoms with van der Waals surface area (Å²) in [6.07, 6.45) is -4.72. The lowest BCUT2D eigenvalue weighted by Crippen LogP contribution is -2.35. The van der Waals surface area contributed by atoms with Crippen LogP contribution in [0.1, 0.15) is 16.8 Å². The fourth-order valence-electron chi connectivity index (χ4n) is 2.13. The topological polar surface area (TPSA) is 90.5 Å². The zero-order valence-electron chi connectivity index (χ0n) is 12.4. The lowest BCUT2D eigenvalue weighted by molar-refractivity contribution is -0.123. The number of rotatable bonds is 4. The minimum atomic E-state index is -4.47. The zero-order chi connectivity index (χ0) is 17.0. The van der Waals surface area contributed by atoms with Gasteiger partial charge >= 0.3 is 6.18 Å². The second kappa shape index (κ2) is 8.32. The molecule has 4 N–H and O–H groups in total. The van der Waals surface area contributed by atoms with Crippen molar-refractivity contribution in [1.29, 1.82) is 0 Å². The van der Waals surface area contributed by atoms with Crippen molar-refractivity contribution in [3.05, 3.63) is 29.8 Å². The third-order valence-electron chi connectivity index (χ3n) is 3.29. The summed E-state index contributed by atoms with van der Waals surface area (Å²) >= 11 is 0. The second-order valence-corrected chi connectivity index (χ2v) is 5.21. The molecule has 1 heterocycles. The van der Waals surface area contributed by atoms with Crippen LogP contribution in [-0.2, 0) is 4.79 Å². The first-order valence-corrected chi connectivity index (χ1v) is 6.92. The van der Waals surface area contributed by atoms with Crippen molar-refractivity contribution in [2.24, 2.45) is 0 Å². The molecular formula is C14H17ClF3N3O3. The largest absolute Gasteiger partial charge is 0.405 e. The molecular weight excluding hydrogens is 351 g/mol. The molecule has 2 atom stereocenters. The summed E-state index contributed by atoms with van der Waals surface area (Å²) in [6, 6.07) is 4.98. The molecule has 0 aliphatic carbocycles. The summed E-state index contributed by atoms with van der Waals surface area (Å²) in [5.41, 5.74) is 0.465. The number of halogens is 4. The Morgan fingerprint density at radius 1 is 1.25 bits per heavy atom. The minimum Gasteiger partial charge on any atom is -0.392 e. The number of amides is 2. The fourth-order valence-corrected chi connectivity index (χ4v) is 2.13.